The minimum absolute atomic E-state index is 0.0898. The van der Waals surface area contributed by atoms with Gasteiger partial charge in [0.25, 0.3) is 0 Å². The number of rotatable bonds is 8. The summed E-state index contributed by atoms with van der Waals surface area (Å²) in [5.74, 6) is 0.389. The number of aromatic hydroxyl groups is 2. The van der Waals surface area contributed by atoms with Gasteiger partial charge in [-0.15, -0.1) is 0 Å². The number of hydrogen-bond acceptors (Lipinski definition) is 3. The molecule has 1 aromatic rings. The van der Waals surface area contributed by atoms with Crippen LogP contribution in [0.5, 0.6) is 11.5 Å². The molecule has 3 nitrogen and oxygen atoms in total. The summed E-state index contributed by atoms with van der Waals surface area (Å²) in [7, 11) is 0. The van der Waals surface area contributed by atoms with Gasteiger partial charge in [-0.2, -0.15) is 0 Å². The molecule has 1 aromatic carbocycles. The third-order valence-corrected chi connectivity index (χ3v) is 6.40. The maximum absolute atomic E-state index is 10.8. The van der Waals surface area contributed by atoms with E-state index in [1.165, 1.54) is 19.3 Å². The smallest absolute Gasteiger partial charge is 0.123 e. The number of phenols is 2. The standard InChI is InChI=1S/C24H38O3/c1-6-7-8-9-12-24(4,5)17-13-21(26)23(22(27)14-17)20-15-18(25)10-11-19(20)16(2)3/h13-14,18-20,25-27H,2,6-12,15H2,1,3-5H3/t18-,19+,20-/m1/s1. The Morgan fingerprint density at radius 1 is 1.11 bits per heavy atom. The van der Waals surface area contributed by atoms with E-state index in [9.17, 15) is 15.3 Å². The first kappa shape index (κ1) is 21.8. The van der Waals surface area contributed by atoms with Gasteiger partial charge in [0.05, 0.1) is 6.10 Å². The molecule has 0 unspecified atom stereocenters. The van der Waals surface area contributed by atoms with Crippen LogP contribution in [0.25, 0.3) is 0 Å². The number of aliphatic hydroxyl groups excluding tert-OH is 1. The third-order valence-electron chi connectivity index (χ3n) is 6.40. The van der Waals surface area contributed by atoms with Crippen molar-refractivity contribution in [1.82, 2.24) is 0 Å². The minimum atomic E-state index is -0.390. The molecule has 1 aliphatic carbocycles. The van der Waals surface area contributed by atoms with E-state index < -0.39 is 0 Å². The number of phenolic OH excluding ortho intramolecular Hbond substituents is 2. The van der Waals surface area contributed by atoms with Crippen LogP contribution in [0, 0.1) is 5.92 Å². The maximum atomic E-state index is 10.8. The van der Waals surface area contributed by atoms with E-state index in [1.54, 1.807) is 0 Å². The lowest BCUT2D eigenvalue weighted by atomic mass is 9.70. The van der Waals surface area contributed by atoms with E-state index in [4.69, 9.17) is 0 Å². The first-order chi connectivity index (χ1) is 12.7. The predicted molar refractivity (Wildman–Crippen MR) is 112 cm³/mol. The summed E-state index contributed by atoms with van der Waals surface area (Å²) in [6.07, 6.45) is 7.61. The third kappa shape index (κ3) is 5.28. The van der Waals surface area contributed by atoms with Gasteiger partial charge in [-0.05, 0) is 61.6 Å². The van der Waals surface area contributed by atoms with Crippen LogP contribution >= 0.6 is 0 Å². The van der Waals surface area contributed by atoms with Crippen LogP contribution in [0.1, 0.15) is 96.1 Å². The molecule has 0 aliphatic heterocycles. The largest absolute Gasteiger partial charge is 0.508 e. The minimum Gasteiger partial charge on any atom is -0.508 e. The number of aliphatic hydroxyl groups is 1. The van der Waals surface area contributed by atoms with Crippen LogP contribution in [0.2, 0.25) is 0 Å². The van der Waals surface area contributed by atoms with Gasteiger partial charge >= 0.3 is 0 Å². The fourth-order valence-electron chi connectivity index (χ4n) is 4.59. The van der Waals surface area contributed by atoms with Gasteiger partial charge in [-0.25, -0.2) is 0 Å². The quantitative estimate of drug-likeness (QED) is 0.377. The van der Waals surface area contributed by atoms with Crippen LogP contribution in [0.3, 0.4) is 0 Å². The molecule has 3 N–H and O–H groups in total. The topological polar surface area (TPSA) is 60.7 Å². The average Bonchev–Trinajstić information content (AvgIpc) is 2.58. The number of benzene rings is 1. The highest BCUT2D eigenvalue weighted by atomic mass is 16.3. The Hall–Kier alpha value is -1.48. The van der Waals surface area contributed by atoms with E-state index in [0.717, 1.165) is 36.8 Å². The summed E-state index contributed by atoms with van der Waals surface area (Å²) in [5, 5.41) is 31.8. The summed E-state index contributed by atoms with van der Waals surface area (Å²) >= 11 is 0. The van der Waals surface area contributed by atoms with Crippen molar-refractivity contribution in [3.63, 3.8) is 0 Å². The van der Waals surface area contributed by atoms with E-state index in [2.05, 4.69) is 27.4 Å². The van der Waals surface area contributed by atoms with Gasteiger partial charge in [-0.3, -0.25) is 0 Å². The van der Waals surface area contributed by atoms with Crippen LogP contribution < -0.4 is 0 Å². The lowest BCUT2D eigenvalue weighted by molar-refractivity contribution is 0.101. The molecule has 0 aromatic heterocycles. The predicted octanol–water partition coefficient (Wildman–Crippen LogP) is 6.17. The molecule has 0 heterocycles. The Bertz CT molecular complexity index is 624. The van der Waals surface area contributed by atoms with Crippen molar-refractivity contribution in [2.24, 2.45) is 5.92 Å². The molecule has 1 aliphatic rings. The molecule has 2 rings (SSSR count). The van der Waals surface area contributed by atoms with Crippen LogP contribution in [-0.2, 0) is 5.41 Å². The lowest BCUT2D eigenvalue weighted by Gasteiger charge is -2.36. The fourth-order valence-corrected chi connectivity index (χ4v) is 4.59. The van der Waals surface area contributed by atoms with Crippen molar-refractivity contribution in [2.75, 3.05) is 0 Å². The maximum Gasteiger partial charge on any atom is 0.123 e. The molecule has 0 saturated heterocycles. The van der Waals surface area contributed by atoms with Gasteiger partial charge in [0.1, 0.15) is 11.5 Å². The van der Waals surface area contributed by atoms with E-state index in [0.29, 0.717) is 12.0 Å². The second-order valence-corrected chi connectivity index (χ2v) is 9.15. The first-order valence-corrected chi connectivity index (χ1v) is 10.6. The molecule has 152 valence electrons. The molecule has 1 saturated carbocycles. The molecular weight excluding hydrogens is 336 g/mol. The summed E-state index contributed by atoms with van der Waals surface area (Å²) in [6.45, 7) is 12.7. The Labute approximate surface area is 165 Å². The first-order valence-electron chi connectivity index (χ1n) is 10.6. The zero-order valence-electron chi connectivity index (χ0n) is 17.6. The molecule has 3 atom stereocenters. The van der Waals surface area contributed by atoms with Crippen molar-refractivity contribution < 1.29 is 15.3 Å². The highest BCUT2D eigenvalue weighted by Crippen LogP contribution is 2.48. The normalized spacial score (nSPS) is 23.4. The van der Waals surface area contributed by atoms with E-state index >= 15 is 0 Å². The van der Waals surface area contributed by atoms with Crippen molar-refractivity contribution in [3.8, 4) is 11.5 Å². The Kier molecular flexibility index (Phi) is 7.39. The Morgan fingerprint density at radius 2 is 1.74 bits per heavy atom. The van der Waals surface area contributed by atoms with Crippen molar-refractivity contribution in [1.29, 1.82) is 0 Å². The van der Waals surface area contributed by atoms with Gasteiger partial charge in [-0.1, -0.05) is 58.6 Å². The lowest BCUT2D eigenvalue weighted by Crippen LogP contribution is -2.27. The van der Waals surface area contributed by atoms with Gasteiger partial charge in [0, 0.05) is 11.5 Å². The molecule has 0 radical (unpaired) electrons. The molecule has 0 spiro atoms. The Morgan fingerprint density at radius 3 is 2.30 bits per heavy atom. The molecular formula is C24H38O3. The molecule has 0 amide bonds. The summed E-state index contributed by atoms with van der Waals surface area (Å²) in [6, 6.07) is 3.65. The van der Waals surface area contributed by atoms with E-state index in [1.807, 2.05) is 19.1 Å². The molecule has 0 bridgehead atoms. The molecule has 27 heavy (non-hydrogen) atoms. The Balaban J connectivity index is 2.29. The monoisotopic (exact) mass is 374 g/mol. The summed E-state index contributed by atoms with van der Waals surface area (Å²) in [4.78, 5) is 0. The van der Waals surface area contributed by atoms with Crippen LogP contribution in [0.15, 0.2) is 24.3 Å². The SMILES string of the molecule is C=C(C)[C@@H]1CC[C@@H](O)C[C@H]1c1c(O)cc(C(C)(C)CCCCCC)cc1O. The van der Waals surface area contributed by atoms with Crippen molar-refractivity contribution in [3.05, 3.63) is 35.4 Å². The second kappa shape index (κ2) is 9.14. The van der Waals surface area contributed by atoms with Crippen molar-refractivity contribution >= 4 is 0 Å². The number of allylic oxidation sites excluding steroid dienone is 1. The summed E-state index contributed by atoms with van der Waals surface area (Å²) < 4.78 is 0. The zero-order valence-corrected chi connectivity index (χ0v) is 17.6. The van der Waals surface area contributed by atoms with Crippen LogP contribution in [0.4, 0.5) is 0 Å². The summed E-state index contributed by atoms with van der Waals surface area (Å²) in [5.41, 5.74) is 2.50. The van der Waals surface area contributed by atoms with Crippen LogP contribution in [-0.4, -0.2) is 21.4 Å². The number of unbranched alkanes of at least 4 members (excludes halogenated alkanes) is 3. The second-order valence-electron chi connectivity index (χ2n) is 9.15. The molecule has 1 fully saturated rings. The van der Waals surface area contributed by atoms with Gasteiger partial charge in [0.2, 0.25) is 0 Å². The van der Waals surface area contributed by atoms with Gasteiger partial charge in [0.15, 0.2) is 0 Å². The fraction of sp³-hybridized carbons (Fsp3) is 0.667. The average molecular weight is 375 g/mol. The van der Waals surface area contributed by atoms with Crippen molar-refractivity contribution in [2.45, 2.75) is 96.5 Å². The van der Waals surface area contributed by atoms with E-state index in [-0.39, 0.29) is 34.9 Å². The number of hydrogen-bond donors (Lipinski definition) is 3. The highest BCUT2D eigenvalue weighted by molar-refractivity contribution is 5.51. The van der Waals surface area contributed by atoms with Gasteiger partial charge < -0.3 is 15.3 Å². The highest BCUT2D eigenvalue weighted by Gasteiger charge is 2.35. The molecule has 3 heteroatoms. The zero-order chi connectivity index (χ0) is 20.2.